The van der Waals surface area contributed by atoms with Crippen LogP contribution in [-0.4, -0.2) is 9.97 Å². The molecular formula is C18H20N2S. The maximum Gasteiger partial charge on any atom is 0.104 e. The van der Waals surface area contributed by atoms with Crippen LogP contribution < -0.4 is 0 Å². The number of pyridine rings is 1. The third-order valence-corrected chi connectivity index (χ3v) is 4.96. The first-order valence-electron chi connectivity index (χ1n) is 7.51. The largest absolute Gasteiger partial charge is 0.255 e. The fourth-order valence-corrected chi connectivity index (χ4v) is 3.79. The van der Waals surface area contributed by atoms with Crippen molar-refractivity contribution >= 4 is 11.3 Å². The predicted molar refractivity (Wildman–Crippen MR) is 89.4 cm³/mol. The topological polar surface area (TPSA) is 25.8 Å². The van der Waals surface area contributed by atoms with Crippen LogP contribution in [0.1, 0.15) is 38.1 Å². The Morgan fingerprint density at radius 1 is 1.33 bits per heavy atom. The first-order chi connectivity index (χ1) is 10.3. The Hall–Kier alpha value is -1.74. The minimum absolute atomic E-state index is 0.167. The number of aromatic nitrogens is 2. The Labute approximate surface area is 130 Å². The van der Waals surface area contributed by atoms with Crippen molar-refractivity contribution in [1.29, 1.82) is 0 Å². The first kappa shape index (κ1) is 14.2. The molecule has 2 aromatic rings. The van der Waals surface area contributed by atoms with Gasteiger partial charge < -0.3 is 0 Å². The fraction of sp³-hybridized carbons (Fsp3) is 0.333. The van der Waals surface area contributed by atoms with E-state index in [0.717, 1.165) is 17.8 Å². The van der Waals surface area contributed by atoms with E-state index in [1.807, 2.05) is 24.4 Å². The predicted octanol–water partition coefficient (Wildman–Crippen LogP) is 5.15. The van der Waals surface area contributed by atoms with E-state index in [1.165, 1.54) is 23.4 Å². The summed E-state index contributed by atoms with van der Waals surface area (Å²) in [6, 6.07) is 5.97. The third-order valence-electron chi connectivity index (χ3n) is 3.91. The molecule has 2 aromatic heterocycles. The maximum absolute atomic E-state index is 4.88. The summed E-state index contributed by atoms with van der Waals surface area (Å²) in [4.78, 5) is 9.28. The van der Waals surface area contributed by atoms with Gasteiger partial charge in [-0.2, -0.15) is 0 Å². The highest BCUT2D eigenvalue weighted by Gasteiger charge is 2.48. The number of thiazole rings is 1. The summed E-state index contributed by atoms with van der Waals surface area (Å²) in [6.07, 6.45) is 12.0. The second-order valence-electron chi connectivity index (χ2n) is 5.40. The van der Waals surface area contributed by atoms with E-state index in [4.69, 9.17) is 4.98 Å². The molecule has 1 aliphatic rings. The molecule has 0 aromatic carbocycles. The van der Waals surface area contributed by atoms with Gasteiger partial charge in [-0.05, 0) is 43.9 Å². The van der Waals surface area contributed by atoms with Crippen molar-refractivity contribution in [3.05, 3.63) is 58.6 Å². The van der Waals surface area contributed by atoms with Crippen molar-refractivity contribution in [2.45, 2.75) is 38.5 Å². The molecule has 1 saturated carbocycles. The summed E-state index contributed by atoms with van der Waals surface area (Å²) >= 11 is 1.77. The Morgan fingerprint density at radius 2 is 2.19 bits per heavy atom. The number of allylic oxidation sites excluding steroid dienone is 4. The first-order valence-corrected chi connectivity index (χ1v) is 8.39. The molecule has 2 nitrogen and oxygen atoms in total. The van der Waals surface area contributed by atoms with Crippen LogP contribution in [0.2, 0.25) is 0 Å². The van der Waals surface area contributed by atoms with Crippen LogP contribution in [0.3, 0.4) is 0 Å². The van der Waals surface area contributed by atoms with Crippen molar-refractivity contribution in [3.8, 4) is 11.4 Å². The van der Waals surface area contributed by atoms with Crippen LogP contribution in [0.15, 0.2) is 53.6 Å². The zero-order chi connectivity index (χ0) is 14.7. The summed E-state index contributed by atoms with van der Waals surface area (Å²) in [5, 5.41) is 3.37. The molecule has 0 aliphatic heterocycles. The lowest BCUT2D eigenvalue weighted by molar-refractivity contribution is 0.824. The summed E-state index contributed by atoms with van der Waals surface area (Å²) in [6.45, 7) is 4.28. The van der Waals surface area contributed by atoms with Crippen LogP contribution >= 0.6 is 11.3 Å². The number of nitrogens with zero attached hydrogens (tertiary/aromatic N) is 2. The van der Waals surface area contributed by atoms with Gasteiger partial charge in [-0.25, -0.2) is 4.98 Å². The van der Waals surface area contributed by atoms with Crippen LogP contribution in [0.4, 0.5) is 0 Å². The van der Waals surface area contributed by atoms with Gasteiger partial charge in [0.1, 0.15) is 5.01 Å². The molecule has 21 heavy (non-hydrogen) atoms. The van der Waals surface area contributed by atoms with E-state index in [9.17, 15) is 0 Å². The maximum atomic E-state index is 4.88. The van der Waals surface area contributed by atoms with Crippen LogP contribution in [-0.2, 0) is 5.41 Å². The average molecular weight is 296 g/mol. The standard InChI is InChI=1S/C18H20N2S/c1-3-7-14(8-4-2)18(10-11-18)17-20-16(13-21-17)15-9-5-6-12-19-15/h3,5-9,12-13H,4,10-11H2,1-2H3/b7-3-,14-8+. The van der Waals surface area contributed by atoms with E-state index in [-0.39, 0.29) is 5.41 Å². The van der Waals surface area contributed by atoms with Gasteiger partial charge in [-0.3, -0.25) is 4.98 Å². The highest BCUT2D eigenvalue weighted by atomic mass is 32.1. The zero-order valence-corrected chi connectivity index (χ0v) is 13.4. The summed E-state index contributed by atoms with van der Waals surface area (Å²) < 4.78 is 0. The third kappa shape index (κ3) is 2.70. The SMILES string of the molecule is C/C=C\C(=C/CC)C1(c2nc(-c3ccccn3)cs2)CC1. The molecule has 0 N–H and O–H groups in total. The van der Waals surface area contributed by atoms with Crippen molar-refractivity contribution < 1.29 is 0 Å². The molecule has 1 aliphatic carbocycles. The van der Waals surface area contributed by atoms with Gasteiger partial charge in [0.15, 0.2) is 0 Å². The smallest absolute Gasteiger partial charge is 0.104 e. The van der Waals surface area contributed by atoms with E-state index in [2.05, 4.69) is 42.4 Å². The molecule has 0 atom stereocenters. The number of hydrogen-bond donors (Lipinski definition) is 0. The Morgan fingerprint density at radius 3 is 2.81 bits per heavy atom. The average Bonchev–Trinajstić information content (AvgIpc) is 3.18. The van der Waals surface area contributed by atoms with E-state index in [1.54, 1.807) is 11.3 Å². The van der Waals surface area contributed by atoms with Gasteiger partial charge in [0, 0.05) is 17.0 Å². The molecular weight excluding hydrogens is 276 g/mol. The van der Waals surface area contributed by atoms with E-state index in [0.29, 0.717) is 0 Å². The van der Waals surface area contributed by atoms with Gasteiger partial charge in [0.2, 0.25) is 0 Å². The molecule has 3 heteroatoms. The summed E-state index contributed by atoms with van der Waals surface area (Å²) in [7, 11) is 0. The summed E-state index contributed by atoms with van der Waals surface area (Å²) in [5.74, 6) is 0. The van der Waals surface area contributed by atoms with Crippen molar-refractivity contribution in [3.63, 3.8) is 0 Å². The molecule has 108 valence electrons. The van der Waals surface area contributed by atoms with Crippen LogP contribution in [0, 0.1) is 0 Å². The number of rotatable bonds is 5. The van der Waals surface area contributed by atoms with Gasteiger partial charge in [-0.1, -0.05) is 31.2 Å². The van der Waals surface area contributed by atoms with Crippen LogP contribution in [0.25, 0.3) is 11.4 Å². The number of hydrogen-bond acceptors (Lipinski definition) is 3. The van der Waals surface area contributed by atoms with E-state index < -0.39 is 0 Å². The molecule has 3 rings (SSSR count). The molecule has 0 saturated heterocycles. The zero-order valence-electron chi connectivity index (χ0n) is 12.5. The molecule has 0 spiro atoms. The van der Waals surface area contributed by atoms with Gasteiger partial charge in [0.25, 0.3) is 0 Å². The highest BCUT2D eigenvalue weighted by Crippen LogP contribution is 2.55. The lowest BCUT2D eigenvalue weighted by Gasteiger charge is -2.14. The molecule has 2 heterocycles. The molecule has 0 unspecified atom stereocenters. The second-order valence-corrected chi connectivity index (χ2v) is 6.26. The van der Waals surface area contributed by atoms with Crippen molar-refractivity contribution in [2.75, 3.05) is 0 Å². The van der Waals surface area contributed by atoms with E-state index >= 15 is 0 Å². The fourth-order valence-electron chi connectivity index (χ4n) is 2.70. The van der Waals surface area contributed by atoms with Gasteiger partial charge in [0.05, 0.1) is 11.4 Å². The molecule has 1 fully saturated rings. The lowest BCUT2D eigenvalue weighted by atomic mass is 9.95. The normalized spacial score (nSPS) is 17.3. The molecule has 0 amide bonds. The Kier molecular flexibility index (Phi) is 4.02. The Balaban J connectivity index is 1.94. The van der Waals surface area contributed by atoms with Crippen molar-refractivity contribution in [1.82, 2.24) is 9.97 Å². The summed E-state index contributed by atoms with van der Waals surface area (Å²) in [5.41, 5.74) is 3.55. The Bertz CT molecular complexity index is 664. The highest BCUT2D eigenvalue weighted by molar-refractivity contribution is 7.10. The minimum atomic E-state index is 0.167. The quantitative estimate of drug-likeness (QED) is 0.713. The molecule has 0 radical (unpaired) electrons. The van der Waals surface area contributed by atoms with Crippen molar-refractivity contribution in [2.24, 2.45) is 0 Å². The lowest BCUT2D eigenvalue weighted by Crippen LogP contribution is -2.08. The molecule has 0 bridgehead atoms. The van der Waals surface area contributed by atoms with Crippen LogP contribution in [0.5, 0.6) is 0 Å². The monoisotopic (exact) mass is 296 g/mol. The second kappa shape index (κ2) is 5.94. The van der Waals surface area contributed by atoms with Gasteiger partial charge in [-0.15, -0.1) is 11.3 Å². The minimum Gasteiger partial charge on any atom is -0.255 e. The van der Waals surface area contributed by atoms with Gasteiger partial charge >= 0.3 is 0 Å².